The molecule has 0 aliphatic rings. The van der Waals surface area contributed by atoms with E-state index in [0.29, 0.717) is 0 Å². The summed E-state index contributed by atoms with van der Waals surface area (Å²) < 4.78 is 47.0. The molecule has 0 saturated carbocycles. The summed E-state index contributed by atoms with van der Waals surface area (Å²) in [7, 11) is 0. The van der Waals surface area contributed by atoms with Crippen molar-refractivity contribution in [2.24, 2.45) is 0 Å². The molecule has 1 aromatic heterocycles. The van der Waals surface area contributed by atoms with E-state index in [-0.39, 0.29) is 12.6 Å². The Morgan fingerprint density at radius 2 is 1.95 bits per heavy atom. The standard InChI is InChI=1S/C14H16F3NO2/c1-10(2)20-13-5-3-4-12-11(13)6-7-18(12)8-9-19-14(15,16)17/h3-7,10H,8-9H2,1-2H3. The van der Waals surface area contributed by atoms with Crippen LogP contribution in [0.25, 0.3) is 10.9 Å². The Labute approximate surface area is 114 Å². The summed E-state index contributed by atoms with van der Waals surface area (Å²) in [6.45, 7) is 3.57. The second-order valence-corrected chi connectivity index (χ2v) is 4.66. The van der Waals surface area contributed by atoms with Gasteiger partial charge in [-0.1, -0.05) is 6.07 Å². The van der Waals surface area contributed by atoms with Gasteiger partial charge in [-0.15, -0.1) is 13.2 Å². The van der Waals surface area contributed by atoms with Crippen molar-refractivity contribution in [3.8, 4) is 5.75 Å². The number of nitrogens with zero attached hydrogens (tertiary/aromatic N) is 1. The summed E-state index contributed by atoms with van der Waals surface area (Å²) in [5.41, 5.74) is 0.828. The van der Waals surface area contributed by atoms with Crippen molar-refractivity contribution in [3.63, 3.8) is 0 Å². The minimum Gasteiger partial charge on any atom is -0.490 e. The summed E-state index contributed by atoms with van der Waals surface area (Å²) in [4.78, 5) is 0. The van der Waals surface area contributed by atoms with Gasteiger partial charge in [-0.05, 0) is 32.0 Å². The third-order valence-corrected chi connectivity index (χ3v) is 2.73. The van der Waals surface area contributed by atoms with Crippen LogP contribution in [0.2, 0.25) is 0 Å². The predicted molar refractivity (Wildman–Crippen MR) is 69.7 cm³/mol. The van der Waals surface area contributed by atoms with Crippen LogP contribution in [0.1, 0.15) is 13.8 Å². The van der Waals surface area contributed by atoms with Crippen LogP contribution in [0.15, 0.2) is 30.5 Å². The van der Waals surface area contributed by atoms with Gasteiger partial charge >= 0.3 is 6.36 Å². The van der Waals surface area contributed by atoms with E-state index in [1.54, 1.807) is 10.8 Å². The largest absolute Gasteiger partial charge is 0.522 e. The zero-order chi connectivity index (χ0) is 14.8. The minimum absolute atomic E-state index is 0.0394. The molecule has 0 amide bonds. The molecule has 3 nitrogen and oxygen atoms in total. The van der Waals surface area contributed by atoms with E-state index in [1.807, 2.05) is 38.1 Å². The molecule has 6 heteroatoms. The first-order chi connectivity index (χ1) is 9.37. The molecule has 0 atom stereocenters. The van der Waals surface area contributed by atoms with E-state index in [9.17, 15) is 13.2 Å². The molecule has 0 fully saturated rings. The zero-order valence-electron chi connectivity index (χ0n) is 11.3. The quantitative estimate of drug-likeness (QED) is 0.830. The average molecular weight is 287 g/mol. The molecular weight excluding hydrogens is 271 g/mol. The van der Waals surface area contributed by atoms with E-state index in [1.165, 1.54) is 0 Å². The van der Waals surface area contributed by atoms with Crippen LogP contribution in [0, 0.1) is 0 Å². The van der Waals surface area contributed by atoms with Crippen LogP contribution in [0.3, 0.4) is 0 Å². The lowest BCUT2D eigenvalue weighted by Gasteiger charge is -2.12. The summed E-state index contributed by atoms with van der Waals surface area (Å²) in [6.07, 6.45) is -2.82. The van der Waals surface area contributed by atoms with E-state index in [2.05, 4.69) is 4.74 Å². The molecule has 2 aromatic rings. The van der Waals surface area contributed by atoms with Crippen molar-refractivity contribution in [2.45, 2.75) is 32.9 Å². The Balaban J connectivity index is 2.16. The number of benzene rings is 1. The molecule has 2 rings (SSSR count). The molecule has 0 aliphatic heterocycles. The van der Waals surface area contributed by atoms with Gasteiger partial charge in [0, 0.05) is 18.1 Å². The number of ether oxygens (including phenoxy) is 2. The fourth-order valence-corrected chi connectivity index (χ4v) is 2.01. The Hall–Kier alpha value is -1.69. The Bertz CT molecular complexity index is 575. The maximum absolute atomic E-state index is 12.0. The number of hydrogen-bond donors (Lipinski definition) is 0. The molecule has 0 spiro atoms. The second kappa shape index (κ2) is 5.75. The topological polar surface area (TPSA) is 23.4 Å². The zero-order valence-corrected chi connectivity index (χ0v) is 11.3. The molecule has 0 saturated heterocycles. The fraction of sp³-hybridized carbons (Fsp3) is 0.429. The van der Waals surface area contributed by atoms with Crippen LogP contribution < -0.4 is 4.74 Å². The summed E-state index contributed by atoms with van der Waals surface area (Å²) in [5.74, 6) is 0.730. The van der Waals surface area contributed by atoms with Crippen molar-refractivity contribution in [2.75, 3.05) is 6.61 Å². The Kier molecular flexibility index (Phi) is 4.23. The van der Waals surface area contributed by atoms with Gasteiger partial charge in [0.1, 0.15) is 5.75 Å². The number of halogens is 3. The normalized spacial score (nSPS) is 12.3. The maximum Gasteiger partial charge on any atom is 0.522 e. The van der Waals surface area contributed by atoms with Crippen LogP contribution in [0.5, 0.6) is 5.75 Å². The van der Waals surface area contributed by atoms with Gasteiger partial charge in [-0.3, -0.25) is 4.74 Å². The Morgan fingerprint density at radius 1 is 1.20 bits per heavy atom. The van der Waals surface area contributed by atoms with Crippen molar-refractivity contribution < 1.29 is 22.6 Å². The number of aromatic nitrogens is 1. The number of alkyl halides is 3. The number of rotatable bonds is 5. The number of hydrogen-bond acceptors (Lipinski definition) is 2. The molecule has 1 aromatic carbocycles. The van der Waals surface area contributed by atoms with Gasteiger partial charge in [0.15, 0.2) is 0 Å². The van der Waals surface area contributed by atoms with E-state index < -0.39 is 13.0 Å². The molecule has 0 aliphatic carbocycles. The lowest BCUT2D eigenvalue weighted by molar-refractivity contribution is -0.325. The van der Waals surface area contributed by atoms with Gasteiger partial charge in [0.05, 0.1) is 18.2 Å². The van der Waals surface area contributed by atoms with Gasteiger partial charge in [-0.25, -0.2) is 0 Å². The summed E-state index contributed by atoms with van der Waals surface area (Å²) >= 11 is 0. The van der Waals surface area contributed by atoms with Crippen LogP contribution in [0.4, 0.5) is 13.2 Å². The third kappa shape index (κ3) is 3.66. The highest BCUT2D eigenvalue weighted by molar-refractivity contribution is 5.86. The smallest absolute Gasteiger partial charge is 0.490 e. The second-order valence-electron chi connectivity index (χ2n) is 4.66. The summed E-state index contributed by atoms with van der Waals surface area (Å²) in [5, 5.41) is 0.883. The predicted octanol–water partition coefficient (Wildman–Crippen LogP) is 3.96. The van der Waals surface area contributed by atoms with Gasteiger partial charge in [0.25, 0.3) is 0 Å². The van der Waals surface area contributed by atoms with E-state index in [4.69, 9.17) is 4.74 Å². The van der Waals surface area contributed by atoms with Crippen LogP contribution in [-0.2, 0) is 11.3 Å². The van der Waals surface area contributed by atoms with Gasteiger partial charge < -0.3 is 9.30 Å². The molecule has 20 heavy (non-hydrogen) atoms. The van der Waals surface area contributed by atoms with Crippen molar-refractivity contribution in [1.29, 1.82) is 0 Å². The Morgan fingerprint density at radius 3 is 2.60 bits per heavy atom. The van der Waals surface area contributed by atoms with Gasteiger partial charge in [-0.2, -0.15) is 0 Å². The van der Waals surface area contributed by atoms with Crippen molar-refractivity contribution in [1.82, 2.24) is 4.57 Å². The first-order valence-corrected chi connectivity index (χ1v) is 6.32. The van der Waals surface area contributed by atoms with E-state index in [0.717, 1.165) is 16.7 Å². The lowest BCUT2D eigenvalue weighted by Crippen LogP contribution is -2.17. The fourth-order valence-electron chi connectivity index (χ4n) is 2.01. The summed E-state index contributed by atoms with van der Waals surface area (Å²) in [6, 6.07) is 7.34. The molecule has 0 radical (unpaired) electrons. The van der Waals surface area contributed by atoms with Crippen molar-refractivity contribution >= 4 is 10.9 Å². The molecule has 0 unspecified atom stereocenters. The SMILES string of the molecule is CC(C)Oc1cccc2c1ccn2CCOC(F)(F)F. The highest BCUT2D eigenvalue weighted by atomic mass is 19.4. The number of fused-ring (bicyclic) bond motifs is 1. The first-order valence-electron chi connectivity index (χ1n) is 6.32. The molecular formula is C14H16F3NO2. The van der Waals surface area contributed by atoms with Gasteiger partial charge in [0.2, 0.25) is 0 Å². The monoisotopic (exact) mass is 287 g/mol. The van der Waals surface area contributed by atoms with Crippen LogP contribution >= 0.6 is 0 Å². The molecule has 0 N–H and O–H groups in total. The highest BCUT2D eigenvalue weighted by Gasteiger charge is 2.28. The maximum atomic E-state index is 12.0. The molecule has 110 valence electrons. The lowest BCUT2D eigenvalue weighted by atomic mass is 10.2. The minimum atomic E-state index is -4.59. The molecule has 0 bridgehead atoms. The third-order valence-electron chi connectivity index (χ3n) is 2.73. The van der Waals surface area contributed by atoms with E-state index >= 15 is 0 Å². The van der Waals surface area contributed by atoms with Crippen molar-refractivity contribution in [3.05, 3.63) is 30.5 Å². The molecule has 1 heterocycles. The average Bonchev–Trinajstić information content (AvgIpc) is 2.71. The van der Waals surface area contributed by atoms with Crippen LogP contribution in [-0.4, -0.2) is 23.6 Å². The highest BCUT2D eigenvalue weighted by Crippen LogP contribution is 2.27. The first kappa shape index (κ1) is 14.7.